The molecule has 3 N–H and O–H groups in total. The SMILES string of the molecule is N#Cc1ccc(C(=O)Nc2ccc(F)c([C@]34C[C@H](OCc5ccccc5)C[C@H]3CSC(N)=N4)c2)nc1. The van der Waals surface area contributed by atoms with E-state index in [1.165, 1.54) is 42.2 Å². The van der Waals surface area contributed by atoms with E-state index in [4.69, 9.17) is 20.7 Å². The largest absolute Gasteiger partial charge is 0.379 e. The molecule has 182 valence electrons. The van der Waals surface area contributed by atoms with Crippen LogP contribution >= 0.6 is 11.8 Å². The number of nitrogens with two attached hydrogens (primary N) is 1. The number of hydrogen-bond acceptors (Lipinski definition) is 7. The second-order valence-corrected chi connectivity index (χ2v) is 9.97. The third kappa shape index (κ3) is 4.83. The minimum absolute atomic E-state index is 0.0382. The third-order valence-corrected chi connectivity index (χ3v) is 7.60. The van der Waals surface area contributed by atoms with Crippen molar-refractivity contribution in [2.24, 2.45) is 16.6 Å². The lowest BCUT2D eigenvalue weighted by molar-refractivity contribution is 0.0406. The van der Waals surface area contributed by atoms with Crippen molar-refractivity contribution < 1.29 is 13.9 Å². The summed E-state index contributed by atoms with van der Waals surface area (Å²) in [6.07, 6.45) is 2.46. The minimum atomic E-state index is -0.867. The van der Waals surface area contributed by atoms with E-state index in [-0.39, 0.29) is 17.7 Å². The predicted molar refractivity (Wildman–Crippen MR) is 137 cm³/mol. The molecule has 0 spiro atoms. The van der Waals surface area contributed by atoms with Gasteiger partial charge in [0.25, 0.3) is 5.91 Å². The number of amides is 1. The Balaban J connectivity index is 1.40. The Kier molecular flexibility index (Phi) is 6.72. The molecule has 1 aromatic heterocycles. The van der Waals surface area contributed by atoms with Gasteiger partial charge in [-0.1, -0.05) is 42.1 Å². The second kappa shape index (κ2) is 10.1. The Morgan fingerprint density at radius 1 is 1.25 bits per heavy atom. The van der Waals surface area contributed by atoms with Crippen LogP contribution in [0.3, 0.4) is 0 Å². The molecule has 3 aromatic rings. The maximum absolute atomic E-state index is 15.3. The van der Waals surface area contributed by atoms with E-state index in [0.717, 1.165) is 12.0 Å². The van der Waals surface area contributed by atoms with E-state index < -0.39 is 17.3 Å². The molecule has 0 unspecified atom stereocenters. The molecular formula is C27H24FN5O2S. The highest BCUT2D eigenvalue weighted by Gasteiger charge is 2.52. The quantitative estimate of drug-likeness (QED) is 0.511. The summed E-state index contributed by atoms with van der Waals surface area (Å²) in [6, 6.07) is 19.4. The average Bonchev–Trinajstić information content (AvgIpc) is 3.27. The lowest BCUT2D eigenvalue weighted by Gasteiger charge is -2.36. The second-order valence-electron chi connectivity index (χ2n) is 8.93. The number of hydrogen-bond donors (Lipinski definition) is 2. The smallest absolute Gasteiger partial charge is 0.274 e. The van der Waals surface area contributed by atoms with Crippen molar-refractivity contribution in [3.63, 3.8) is 0 Å². The van der Waals surface area contributed by atoms with Crippen LogP contribution in [0, 0.1) is 23.1 Å². The zero-order valence-electron chi connectivity index (χ0n) is 19.4. The number of ether oxygens (including phenoxy) is 1. The molecule has 3 atom stereocenters. The van der Waals surface area contributed by atoms with Crippen molar-refractivity contribution in [1.29, 1.82) is 5.26 Å². The lowest BCUT2D eigenvalue weighted by Crippen LogP contribution is -2.37. The number of amidine groups is 1. The van der Waals surface area contributed by atoms with Crippen molar-refractivity contribution in [2.45, 2.75) is 31.1 Å². The van der Waals surface area contributed by atoms with Gasteiger partial charge in [-0.25, -0.2) is 9.37 Å². The van der Waals surface area contributed by atoms with E-state index in [0.29, 0.717) is 40.8 Å². The number of thioether (sulfide) groups is 1. The molecule has 9 heteroatoms. The molecule has 7 nitrogen and oxygen atoms in total. The van der Waals surface area contributed by atoms with Crippen LogP contribution in [0.4, 0.5) is 10.1 Å². The lowest BCUT2D eigenvalue weighted by atomic mass is 9.81. The first-order valence-corrected chi connectivity index (χ1v) is 12.6. The van der Waals surface area contributed by atoms with E-state index >= 15 is 4.39 Å². The standard InChI is InChI=1S/C27H24FN5O2S/c28-23-8-7-20(32-25(34)24-9-6-18(13-29)14-31-24)11-22(23)27-12-21(10-19(27)16-36-26(30)33-27)35-15-17-4-2-1-3-5-17/h1-9,11,14,19,21H,10,12,15-16H2,(H2,30,33)(H,32,34)/t19-,21+,27-/m0/s1. The summed E-state index contributed by atoms with van der Waals surface area (Å²) in [7, 11) is 0. The van der Waals surface area contributed by atoms with Crippen molar-refractivity contribution in [2.75, 3.05) is 11.1 Å². The molecule has 1 saturated carbocycles. The van der Waals surface area contributed by atoms with Gasteiger partial charge in [-0.3, -0.25) is 9.79 Å². The van der Waals surface area contributed by atoms with Gasteiger partial charge in [0.2, 0.25) is 0 Å². The number of carbonyl (C=O) groups is 1. The first-order chi connectivity index (χ1) is 17.5. The number of aliphatic imine (C=N–C) groups is 1. The normalized spacial score (nSPS) is 22.8. The van der Waals surface area contributed by atoms with Crippen LogP contribution in [0.1, 0.15) is 40.0 Å². The molecule has 2 heterocycles. The molecule has 0 radical (unpaired) electrons. The molecule has 5 rings (SSSR count). The third-order valence-electron chi connectivity index (χ3n) is 6.65. The van der Waals surface area contributed by atoms with Crippen LogP contribution < -0.4 is 11.1 Å². The van der Waals surface area contributed by atoms with Crippen LogP contribution in [-0.4, -0.2) is 27.9 Å². The summed E-state index contributed by atoms with van der Waals surface area (Å²) in [5.74, 6) is -0.104. The maximum Gasteiger partial charge on any atom is 0.274 e. The Bertz CT molecular complexity index is 1340. The Morgan fingerprint density at radius 3 is 2.83 bits per heavy atom. The van der Waals surface area contributed by atoms with Gasteiger partial charge in [0, 0.05) is 35.5 Å². The first kappa shape index (κ1) is 24.0. The number of halogens is 1. The summed E-state index contributed by atoms with van der Waals surface area (Å²) < 4.78 is 21.6. The van der Waals surface area contributed by atoms with Gasteiger partial charge in [0.15, 0.2) is 5.17 Å². The minimum Gasteiger partial charge on any atom is -0.379 e. The summed E-state index contributed by atoms with van der Waals surface area (Å²) >= 11 is 1.47. The van der Waals surface area contributed by atoms with E-state index in [1.807, 2.05) is 36.4 Å². The van der Waals surface area contributed by atoms with Gasteiger partial charge >= 0.3 is 0 Å². The van der Waals surface area contributed by atoms with Gasteiger partial charge in [-0.15, -0.1) is 0 Å². The Labute approximate surface area is 212 Å². The summed E-state index contributed by atoms with van der Waals surface area (Å²) in [5, 5.41) is 12.1. The zero-order valence-corrected chi connectivity index (χ0v) is 20.2. The molecule has 0 saturated heterocycles. The van der Waals surface area contributed by atoms with Crippen molar-refractivity contribution >= 4 is 28.5 Å². The zero-order chi connectivity index (χ0) is 25.1. The van der Waals surface area contributed by atoms with Gasteiger partial charge in [0.05, 0.1) is 23.8 Å². The molecule has 1 amide bonds. The van der Waals surface area contributed by atoms with E-state index in [1.54, 1.807) is 6.07 Å². The van der Waals surface area contributed by atoms with Gasteiger partial charge in [0.1, 0.15) is 17.6 Å². The highest BCUT2D eigenvalue weighted by Crippen LogP contribution is 2.52. The number of nitrogens with one attached hydrogen (secondary N) is 1. The highest BCUT2D eigenvalue weighted by molar-refractivity contribution is 8.13. The van der Waals surface area contributed by atoms with Crippen LogP contribution in [0.5, 0.6) is 0 Å². The summed E-state index contributed by atoms with van der Waals surface area (Å²) in [5.41, 5.74) is 7.68. The van der Waals surface area contributed by atoms with Crippen molar-refractivity contribution in [1.82, 2.24) is 4.98 Å². The molecule has 36 heavy (non-hydrogen) atoms. The number of aromatic nitrogens is 1. The van der Waals surface area contributed by atoms with Crippen LogP contribution in [0.2, 0.25) is 0 Å². The van der Waals surface area contributed by atoms with Crippen LogP contribution in [0.25, 0.3) is 0 Å². The Morgan fingerprint density at radius 2 is 2.08 bits per heavy atom. The molecule has 1 fully saturated rings. The van der Waals surface area contributed by atoms with E-state index in [9.17, 15) is 4.79 Å². The fourth-order valence-corrected chi connectivity index (χ4v) is 5.91. The molecule has 1 aliphatic carbocycles. The molecule has 0 bridgehead atoms. The van der Waals surface area contributed by atoms with Crippen LogP contribution in [0.15, 0.2) is 71.9 Å². The number of anilines is 1. The average molecular weight is 502 g/mol. The highest BCUT2D eigenvalue weighted by atomic mass is 32.2. The molecular weight excluding hydrogens is 477 g/mol. The van der Waals surface area contributed by atoms with Crippen molar-refractivity contribution in [3.05, 3.63) is 95.1 Å². The number of fused-ring (bicyclic) bond motifs is 1. The fraction of sp³-hybridized carbons (Fsp3) is 0.259. The fourth-order valence-electron chi connectivity index (χ4n) is 4.90. The number of nitrogens with zero attached hydrogens (tertiary/aromatic N) is 3. The number of pyridine rings is 1. The van der Waals surface area contributed by atoms with Crippen LogP contribution in [-0.2, 0) is 16.9 Å². The molecule has 2 aromatic carbocycles. The predicted octanol–water partition coefficient (Wildman–Crippen LogP) is 4.60. The number of benzene rings is 2. The van der Waals surface area contributed by atoms with E-state index in [2.05, 4.69) is 10.3 Å². The van der Waals surface area contributed by atoms with Gasteiger partial charge < -0.3 is 15.8 Å². The monoisotopic (exact) mass is 501 g/mol. The summed E-state index contributed by atoms with van der Waals surface area (Å²) in [4.78, 5) is 21.5. The summed E-state index contributed by atoms with van der Waals surface area (Å²) in [6.45, 7) is 0.469. The number of rotatable bonds is 6. The Hall–Kier alpha value is -3.74. The molecule has 1 aliphatic heterocycles. The number of nitriles is 1. The van der Waals surface area contributed by atoms with Crippen molar-refractivity contribution in [3.8, 4) is 6.07 Å². The molecule has 2 aliphatic rings. The van der Waals surface area contributed by atoms with Gasteiger partial charge in [-0.2, -0.15) is 5.26 Å². The topological polar surface area (TPSA) is 113 Å². The first-order valence-electron chi connectivity index (χ1n) is 11.6. The van der Waals surface area contributed by atoms with Gasteiger partial charge in [-0.05, 0) is 42.3 Å². The maximum atomic E-state index is 15.3. The number of carbonyl (C=O) groups excluding carboxylic acids is 1.